The predicted octanol–water partition coefficient (Wildman–Crippen LogP) is 4.75. The van der Waals surface area contributed by atoms with Gasteiger partial charge >= 0.3 is 15.2 Å². The summed E-state index contributed by atoms with van der Waals surface area (Å²) >= 11 is 6.15. The number of ketones is 1. The third-order valence-corrected chi connectivity index (χ3v) is 10.3. The molecule has 0 saturated carbocycles. The van der Waals surface area contributed by atoms with Gasteiger partial charge in [-0.2, -0.15) is 0 Å². The topological polar surface area (TPSA) is 185 Å². The highest BCUT2D eigenvalue weighted by Gasteiger charge is 2.44. The molecular weight excluding hydrogens is 648 g/mol. The maximum absolute atomic E-state index is 15.0. The smallest absolute Gasteiger partial charge is 0.344 e. The monoisotopic (exact) mass is 670 g/mol. The van der Waals surface area contributed by atoms with E-state index in [1.165, 1.54) is 36.5 Å². The van der Waals surface area contributed by atoms with E-state index >= 15 is 0 Å². The largest absolute Gasteiger partial charge is 0.491 e. The first-order chi connectivity index (χ1) is 20.6. The van der Waals surface area contributed by atoms with Crippen LogP contribution in [-0.4, -0.2) is 46.9 Å². The summed E-state index contributed by atoms with van der Waals surface area (Å²) in [5.41, 5.74) is -1.01. The minimum atomic E-state index is -5.40. The summed E-state index contributed by atoms with van der Waals surface area (Å²) in [5.74, 6) is -3.05. The molecule has 4 aromatic rings. The Morgan fingerprint density at radius 1 is 0.977 bits per heavy atom. The van der Waals surface area contributed by atoms with Crippen molar-refractivity contribution in [2.45, 2.75) is 18.7 Å². The molecule has 0 radical (unpaired) electrons. The highest BCUT2D eigenvalue weighted by atomic mass is 35.5. The van der Waals surface area contributed by atoms with Crippen molar-refractivity contribution in [3.63, 3.8) is 0 Å². The first kappa shape index (κ1) is 33.2. The van der Waals surface area contributed by atoms with Crippen LogP contribution in [0.1, 0.15) is 21.6 Å². The van der Waals surface area contributed by atoms with Crippen LogP contribution in [0.2, 0.25) is 5.02 Å². The molecule has 4 rings (SSSR count). The number of hydrogen-bond acceptors (Lipinski definition) is 7. The number of aromatic nitrogens is 2. The second-order valence-corrected chi connectivity index (χ2v) is 13.7. The van der Waals surface area contributed by atoms with Crippen molar-refractivity contribution in [2.75, 3.05) is 6.61 Å². The molecular formula is C27H23ClF2N2O10P2. The Morgan fingerprint density at radius 3 is 2.25 bits per heavy atom. The highest BCUT2D eigenvalue weighted by molar-refractivity contribution is 7.70. The maximum atomic E-state index is 15.0. The van der Waals surface area contributed by atoms with E-state index in [2.05, 4.69) is 4.98 Å². The molecule has 44 heavy (non-hydrogen) atoms. The lowest BCUT2D eigenvalue weighted by atomic mass is 10.0. The predicted molar refractivity (Wildman–Crippen MR) is 154 cm³/mol. The van der Waals surface area contributed by atoms with E-state index in [-0.39, 0.29) is 27.8 Å². The molecule has 17 heteroatoms. The summed E-state index contributed by atoms with van der Waals surface area (Å²) in [4.78, 5) is 68.6. The fourth-order valence-corrected chi connectivity index (χ4v) is 6.24. The molecule has 0 saturated heterocycles. The van der Waals surface area contributed by atoms with Gasteiger partial charge < -0.3 is 29.0 Å². The Bertz CT molecular complexity index is 1850. The molecule has 0 aliphatic heterocycles. The fourth-order valence-electron chi connectivity index (χ4n) is 3.99. The Hall–Kier alpha value is -3.74. The van der Waals surface area contributed by atoms with E-state index in [9.17, 15) is 47.1 Å². The zero-order chi connectivity index (χ0) is 32.4. The molecule has 0 atom stereocenters. The number of rotatable bonds is 11. The van der Waals surface area contributed by atoms with Crippen molar-refractivity contribution in [3.05, 3.63) is 111 Å². The molecule has 0 aliphatic carbocycles. The molecule has 2 aromatic heterocycles. The number of carbonyl (C=O) groups excluding carboxylic acids is 1. The van der Waals surface area contributed by atoms with Gasteiger partial charge in [-0.3, -0.25) is 28.3 Å². The van der Waals surface area contributed by atoms with E-state index in [1.807, 2.05) is 0 Å². The number of nitrogens with zero attached hydrogens (tertiary/aromatic N) is 2. The molecule has 2 aromatic carbocycles. The molecule has 4 N–H and O–H groups in total. The summed E-state index contributed by atoms with van der Waals surface area (Å²) in [5, 5.41) is -2.42. The maximum Gasteiger partial charge on any atom is 0.344 e. The minimum absolute atomic E-state index is 0.0858. The average Bonchev–Trinajstić information content (AvgIpc) is 2.92. The van der Waals surface area contributed by atoms with Crippen molar-refractivity contribution in [3.8, 4) is 22.9 Å². The SMILES string of the molecule is Cc1nccc(Oc2ccc(CC(=O)c3c(OCC(P(=O)(O)O)P(=O)(O)O)ccn(-c4ccc(F)cc4)c3=O)cc2F)c1Cl. The Morgan fingerprint density at radius 2 is 1.64 bits per heavy atom. The number of Topliss-reactive ketones (excluding diaryl/α,β-unsaturated/α-hetero) is 1. The van der Waals surface area contributed by atoms with Gasteiger partial charge in [0.1, 0.15) is 34.5 Å². The third-order valence-electron chi connectivity index (χ3n) is 6.21. The van der Waals surface area contributed by atoms with Gasteiger partial charge in [0.2, 0.25) is 0 Å². The van der Waals surface area contributed by atoms with Gasteiger partial charge in [0.25, 0.3) is 5.56 Å². The van der Waals surface area contributed by atoms with Crippen molar-refractivity contribution in [2.24, 2.45) is 0 Å². The molecule has 0 amide bonds. The fraction of sp³-hybridized carbons (Fsp3) is 0.148. The Kier molecular flexibility index (Phi) is 9.86. The van der Waals surface area contributed by atoms with Crippen molar-refractivity contribution in [1.29, 1.82) is 0 Å². The molecule has 12 nitrogen and oxygen atoms in total. The van der Waals surface area contributed by atoms with E-state index in [4.69, 9.17) is 21.1 Å². The van der Waals surface area contributed by atoms with Crippen LogP contribution in [0.3, 0.4) is 0 Å². The first-order valence-electron chi connectivity index (χ1n) is 12.4. The molecule has 2 heterocycles. The van der Waals surface area contributed by atoms with Gasteiger partial charge in [0.15, 0.2) is 22.8 Å². The zero-order valence-corrected chi connectivity index (χ0v) is 25.0. The summed E-state index contributed by atoms with van der Waals surface area (Å²) in [6.07, 6.45) is 1.96. The number of halogens is 3. The summed E-state index contributed by atoms with van der Waals surface area (Å²) in [6, 6.07) is 10.7. The van der Waals surface area contributed by atoms with Crippen molar-refractivity contribution < 1.29 is 51.8 Å². The lowest BCUT2D eigenvalue weighted by molar-refractivity contribution is 0.0987. The third kappa shape index (κ3) is 7.66. The van der Waals surface area contributed by atoms with Crippen molar-refractivity contribution in [1.82, 2.24) is 9.55 Å². The van der Waals surface area contributed by atoms with Crippen LogP contribution < -0.4 is 15.0 Å². The number of benzene rings is 2. The van der Waals surface area contributed by atoms with Gasteiger partial charge in [0, 0.05) is 30.6 Å². The summed E-state index contributed by atoms with van der Waals surface area (Å²) in [6.45, 7) is 0.372. The standard InChI is InChI=1S/C27H23ClF2N2O10P2/c1-15-26(28)23(8-10-31-15)42-21-7-2-16(12-19(21)30)13-20(33)25-22(41-14-24(43(35,36)37)44(38,39)40)9-11-32(27(25)34)18-5-3-17(29)4-6-18/h2-12,24H,13-14H2,1H3,(H2,35,36,37)(H2,38,39,40). The van der Waals surface area contributed by atoms with Crippen LogP contribution in [0.5, 0.6) is 17.2 Å². The van der Waals surface area contributed by atoms with E-state index in [0.29, 0.717) is 5.69 Å². The second kappa shape index (κ2) is 13.1. The van der Waals surface area contributed by atoms with Gasteiger partial charge in [-0.15, -0.1) is 0 Å². The van der Waals surface area contributed by atoms with Gasteiger partial charge in [-0.25, -0.2) is 8.78 Å². The molecule has 0 unspecified atom stereocenters. The number of aryl methyl sites for hydroxylation is 1. The van der Waals surface area contributed by atoms with Crippen LogP contribution in [0.15, 0.2) is 71.8 Å². The lowest BCUT2D eigenvalue weighted by Crippen LogP contribution is -2.28. The number of carbonyl (C=O) groups is 1. The quantitative estimate of drug-likeness (QED) is 0.127. The molecule has 0 bridgehead atoms. The van der Waals surface area contributed by atoms with Crippen LogP contribution in [0.25, 0.3) is 5.69 Å². The Balaban J connectivity index is 1.69. The number of ether oxygens (including phenoxy) is 2. The first-order valence-corrected chi connectivity index (χ1v) is 16.2. The summed E-state index contributed by atoms with van der Waals surface area (Å²) in [7, 11) is -10.8. The molecule has 0 fully saturated rings. The van der Waals surface area contributed by atoms with E-state index < -0.39 is 67.9 Å². The molecule has 0 aliphatic rings. The second-order valence-electron chi connectivity index (χ2n) is 9.35. The number of hydrogen-bond donors (Lipinski definition) is 4. The van der Waals surface area contributed by atoms with E-state index in [0.717, 1.165) is 35.0 Å². The normalized spacial score (nSPS) is 11.9. The molecule has 0 spiro atoms. The summed E-state index contributed by atoms with van der Waals surface area (Å²) < 4.78 is 63.6. The van der Waals surface area contributed by atoms with Gasteiger partial charge in [0.05, 0.1) is 5.69 Å². The Labute approximate surface area is 252 Å². The van der Waals surface area contributed by atoms with Crippen LogP contribution in [-0.2, 0) is 15.6 Å². The average molecular weight is 671 g/mol. The van der Waals surface area contributed by atoms with Gasteiger partial charge in [-0.1, -0.05) is 17.7 Å². The molecule has 232 valence electrons. The van der Waals surface area contributed by atoms with Gasteiger partial charge in [-0.05, 0) is 55.0 Å². The lowest BCUT2D eigenvalue weighted by Gasteiger charge is -2.21. The number of pyridine rings is 2. The zero-order valence-electron chi connectivity index (χ0n) is 22.5. The highest BCUT2D eigenvalue weighted by Crippen LogP contribution is 2.59. The van der Waals surface area contributed by atoms with Crippen LogP contribution in [0.4, 0.5) is 8.78 Å². The van der Waals surface area contributed by atoms with Crippen LogP contribution in [0, 0.1) is 18.6 Å². The van der Waals surface area contributed by atoms with Crippen molar-refractivity contribution >= 4 is 32.6 Å². The van der Waals surface area contributed by atoms with Crippen LogP contribution >= 0.6 is 26.8 Å². The minimum Gasteiger partial charge on any atom is -0.491 e. The van der Waals surface area contributed by atoms with E-state index in [1.54, 1.807) is 6.92 Å².